The molecule has 0 amide bonds. The van der Waals surface area contributed by atoms with Crippen LogP contribution >= 0.6 is 34.8 Å². The van der Waals surface area contributed by atoms with Crippen molar-refractivity contribution in [2.24, 2.45) is 0 Å². The summed E-state index contributed by atoms with van der Waals surface area (Å²) < 4.78 is 5.70. The summed E-state index contributed by atoms with van der Waals surface area (Å²) in [6.07, 6.45) is 5.48. The predicted octanol–water partition coefficient (Wildman–Crippen LogP) is 3.41. The van der Waals surface area contributed by atoms with Crippen molar-refractivity contribution in [3.8, 4) is 0 Å². The molecule has 0 N–H and O–H groups in total. The van der Waals surface area contributed by atoms with E-state index in [1.165, 1.54) is 0 Å². The summed E-state index contributed by atoms with van der Waals surface area (Å²) in [4.78, 5) is 11.2. The first-order chi connectivity index (χ1) is 8.36. The molecule has 0 radical (unpaired) electrons. The Hall–Kier alpha value is -0.220. The van der Waals surface area contributed by atoms with Crippen LogP contribution in [0.3, 0.4) is 0 Å². The molecule has 0 unspecified atom stereocenters. The van der Waals surface area contributed by atoms with Crippen LogP contribution in [0.1, 0.15) is 25.3 Å². The van der Waals surface area contributed by atoms with Gasteiger partial charge in [0, 0.05) is 36.7 Å². The van der Waals surface area contributed by atoms with Gasteiger partial charge >= 0.3 is 0 Å². The number of aromatic nitrogens is 1. The van der Waals surface area contributed by atoms with E-state index in [1.807, 2.05) is 10.8 Å². The zero-order valence-electron chi connectivity index (χ0n) is 9.96. The van der Waals surface area contributed by atoms with Gasteiger partial charge in [-0.2, -0.15) is 0 Å². The van der Waals surface area contributed by atoms with Crippen LogP contribution in [0.2, 0.25) is 0 Å². The molecular weight excluding hydrogens is 296 g/mol. The fourth-order valence-electron chi connectivity index (χ4n) is 2.10. The molecule has 0 aliphatic carbocycles. The molecule has 2 rings (SSSR count). The minimum atomic E-state index is -1.69. The van der Waals surface area contributed by atoms with E-state index in [4.69, 9.17) is 39.5 Å². The standard InChI is InChI=1S/C12H14Cl3NO2/c1-11(3-6-18-7-4-11)16-5-2-9(8-16)12(14,15)10(13)17/h2,5,8H,3-4,6-7H2,1H3. The quantitative estimate of drug-likeness (QED) is 0.633. The first kappa shape index (κ1) is 14.2. The molecule has 3 nitrogen and oxygen atoms in total. The fraction of sp³-hybridized carbons (Fsp3) is 0.583. The number of ether oxygens (including phenoxy) is 1. The highest BCUT2D eigenvalue weighted by molar-refractivity contribution is 6.77. The second-order valence-electron chi connectivity index (χ2n) is 4.76. The van der Waals surface area contributed by atoms with Crippen LogP contribution < -0.4 is 0 Å². The third kappa shape index (κ3) is 2.55. The van der Waals surface area contributed by atoms with Gasteiger partial charge in [-0.15, -0.1) is 0 Å². The summed E-state index contributed by atoms with van der Waals surface area (Å²) in [5.41, 5.74) is 0.467. The molecule has 2 heterocycles. The highest BCUT2D eigenvalue weighted by Gasteiger charge is 2.37. The monoisotopic (exact) mass is 309 g/mol. The van der Waals surface area contributed by atoms with E-state index < -0.39 is 9.58 Å². The number of carbonyl (C=O) groups excluding carboxylic acids is 1. The third-order valence-electron chi connectivity index (χ3n) is 3.50. The van der Waals surface area contributed by atoms with Crippen molar-refractivity contribution >= 4 is 40.0 Å². The first-order valence-electron chi connectivity index (χ1n) is 5.71. The molecule has 1 aliphatic heterocycles. The van der Waals surface area contributed by atoms with E-state index in [0.29, 0.717) is 5.56 Å². The smallest absolute Gasteiger partial charge is 0.262 e. The molecule has 1 fully saturated rings. The van der Waals surface area contributed by atoms with Gasteiger partial charge in [0.2, 0.25) is 4.33 Å². The Kier molecular flexibility index (Phi) is 3.98. The lowest BCUT2D eigenvalue weighted by atomic mass is 9.92. The maximum atomic E-state index is 11.2. The number of rotatable bonds is 3. The zero-order valence-corrected chi connectivity index (χ0v) is 12.2. The van der Waals surface area contributed by atoms with E-state index in [9.17, 15) is 4.79 Å². The Morgan fingerprint density at radius 1 is 1.44 bits per heavy atom. The van der Waals surface area contributed by atoms with Crippen molar-refractivity contribution in [3.63, 3.8) is 0 Å². The van der Waals surface area contributed by atoms with Crippen LogP contribution in [-0.2, 0) is 19.4 Å². The van der Waals surface area contributed by atoms with E-state index in [0.717, 1.165) is 26.1 Å². The molecule has 100 valence electrons. The van der Waals surface area contributed by atoms with Gasteiger partial charge in [0.25, 0.3) is 5.24 Å². The topological polar surface area (TPSA) is 31.2 Å². The Labute approximate surface area is 121 Å². The minimum Gasteiger partial charge on any atom is -0.381 e. The molecule has 0 bridgehead atoms. The van der Waals surface area contributed by atoms with Gasteiger partial charge < -0.3 is 9.30 Å². The van der Waals surface area contributed by atoms with E-state index in [1.54, 1.807) is 12.3 Å². The summed E-state index contributed by atoms with van der Waals surface area (Å²) in [6, 6.07) is 1.72. The number of carbonyl (C=O) groups is 1. The Morgan fingerprint density at radius 3 is 2.61 bits per heavy atom. The van der Waals surface area contributed by atoms with Crippen molar-refractivity contribution in [1.82, 2.24) is 4.57 Å². The van der Waals surface area contributed by atoms with Crippen LogP contribution in [-0.4, -0.2) is 23.0 Å². The lowest BCUT2D eigenvalue weighted by Gasteiger charge is -2.35. The van der Waals surface area contributed by atoms with Gasteiger partial charge in [0.15, 0.2) is 0 Å². The van der Waals surface area contributed by atoms with E-state index >= 15 is 0 Å². The summed E-state index contributed by atoms with van der Waals surface area (Å²) >= 11 is 17.3. The van der Waals surface area contributed by atoms with Gasteiger partial charge in [-0.3, -0.25) is 4.79 Å². The van der Waals surface area contributed by atoms with Crippen molar-refractivity contribution in [1.29, 1.82) is 0 Å². The van der Waals surface area contributed by atoms with Crippen LogP contribution in [0.25, 0.3) is 0 Å². The highest BCUT2D eigenvalue weighted by atomic mass is 35.5. The lowest BCUT2D eigenvalue weighted by Crippen LogP contribution is -2.35. The minimum absolute atomic E-state index is 0.0320. The van der Waals surface area contributed by atoms with Crippen LogP contribution in [0.5, 0.6) is 0 Å². The van der Waals surface area contributed by atoms with Crippen molar-refractivity contribution in [3.05, 3.63) is 24.0 Å². The van der Waals surface area contributed by atoms with Crippen molar-refractivity contribution in [2.45, 2.75) is 29.6 Å². The normalized spacial score (nSPS) is 19.8. The molecule has 0 atom stereocenters. The number of hydrogen-bond donors (Lipinski definition) is 0. The Morgan fingerprint density at radius 2 is 2.06 bits per heavy atom. The molecule has 18 heavy (non-hydrogen) atoms. The first-order valence-corrected chi connectivity index (χ1v) is 6.84. The molecule has 1 saturated heterocycles. The molecule has 1 aromatic heterocycles. The molecule has 1 aliphatic rings. The zero-order chi connectivity index (χ0) is 13.4. The molecule has 0 spiro atoms. The van der Waals surface area contributed by atoms with E-state index in [2.05, 4.69) is 6.92 Å². The summed E-state index contributed by atoms with van der Waals surface area (Å²) in [7, 11) is 0. The largest absolute Gasteiger partial charge is 0.381 e. The number of halogens is 3. The van der Waals surface area contributed by atoms with Crippen LogP contribution in [0.15, 0.2) is 18.5 Å². The van der Waals surface area contributed by atoms with Gasteiger partial charge in [-0.05, 0) is 37.4 Å². The number of hydrogen-bond acceptors (Lipinski definition) is 2. The molecule has 6 heteroatoms. The summed E-state index contributed by atoms with van der Waals surface area (Å²) in [6.45, 7) is 3.60. The Balaban J connectivity index is 2.27. The summed E-state index contributed by atoms with van der Waals surface area (Å²) in [5, 5.41) is -0.791. The van der Waals surface area contributed by atoms with Gasteiger partial charge in [0.1, 0.15) is 0 Å². The predicted molar refractivity (Wildman–Crippen MR) is 72.4 cm³/mol. The average Bonchev–Trinajstić information content (AvgIpc) is 2.80. The molecular formula is C12H14Cl3NO2. The lowest BCUT2D eigenvalue weighted by molar-refractivity contribution is -0.112. The Bertz CT molecular complexity index is 450. The molecule has 0 aromatic carbocycles. The van der Waals surface area contributed by atoms with Gasteiger partial charge in [-0.1, -0.05) is 23.2 Å². The van der Waals surface area contributed by atoms with Crippen molar-refractivity contribution < 1.29 is 9.53 Å². The molecule has 1 aromatic rings. The maximum Gasteiger partial charge on any atom is 0.262 e. The molecule has 0 saturated carbocycles. The second-order valence-corrected chi connectivity index (χ2v) is 6.44. The summed E-state index contributed by atoms with van der Waals surface area (Å²) in [5.74, 6) is 0. The van der Waals surface area contributed by atoms with Crippen LogP contribution in [0, 0.1) is 0 Å². The second kappa shape index (κ2) is 5.04. The van der Waals surface area contributed by atoms with E-state index in [-0.39, 0.29) is 5.54 Å². The maximum absolute atomic E-state index is 11.2. The third-order valence-corrected chi connectivity index (χ3v) is 4.75. The average molecular weight is 311 g/mol. The SMILES string of the molecule is CC1(n2ccc(C(Cl)(Cl)C(=O)Cl)c2)CCOCC1. The van der Waals surface area contributed by atoms with Gasteiger partial charge in [0.05, 0.1) is 0 Å². The number of alkyl halides is 2. The van der Waals surface area contributed by atoms with Gasteiger partial charge in [-0.25, -0.2) is 0 Å². The fourth-order valence-corrected chi connectivity index (χ4v) is 2.43. The van der Waals surface area contributed by atoms with Crippen molar-refractivity contribution in [2.75, 3.05) is 13.2 Å². The highest BCUT2D eigenvalue weighted by Crippen LogP contribution is 2.38. The van der Waals surface area contributed by atoms with Crippen LogP contribution in [0.4, 0.5) is 0 Å². The number of nitrogens with zero attached hydrogens (tertiary/aromatic N) is 1.